The summed E-state index contributed by atoms with van der Waals surface area (Å²) < 4.78 is 16.1. The van der Waals surface area contributed by atoms with E-state index in [1.54, 1.807) is 26.4 Å². The summed E-state index contributed by atoms with van der Waals surface area (Å²) in [5, 5.41) is 9.72. The Bertz CT molecular complexity index is 739. The number of aliphatic carboxylic acids is 1. The lowest BCUT2D eigenvalue weighted by Gasteiger charge is -2.17. The molecular weight excluding hydrogens is 320 g/mol. The number of rotatable bonds is 8. The number of methoxy groups -OCH3 is 2. The van der Waals surface area contributed by atoms with Crippen molar-refractivity contribution in [2.75, 3.05) is 20.8 Å². The van der Waals surface area contributed by atoms with Gasteiger partial charge in [-0.1, -0.05) is 18.2 Å². The largest absolute Gasteiger partial charge is 0.497 e. The second kappa shape index (κ2) is 8.42. The van der Waals surface area contributed by atoms with Crippen LogP contribution in [0.2, 0.25) is 0 Å². The van der Waals surface area contributed by atoms with E-state index >= 15 is 0 Å². The van der Waals surface area contributed by atoms with Gasteiger partial charge in [0.05, 0.1) is 26.7 Å². The van der Waals surface area contributed by atoms with E-state index in [-0.39, 0.29) is 0 Å². The molecule has 25 heavy (non-hydrogen) atoms. The molecule has 0 bridgehead atoms. The molecule has 134 valence electrons. The summed E-state index contributed by atoms with van der Waals surface area (Å²) in [7, 11) is 3.15. The normalized spacial score (nSPS) is 11.7. The maximum absolute atomic E-state index is 11.9. The molecule has 0 heterocycles. The summed E-state index contributed by atoms with van der Waals surface area (Å²) >= 11 is 0. The number of benzene rings is 2. The quantitative estimate of drug-likeness (QED) is 0.788. The summed E-state index contributed by atoms with van der Waals surface area (Å²) in [6.45, 7) is 4.41. The van der Waals surface area contributed by atoms with Gasteiger partial charge >= 0.3 is 5.97 Å². The number of carbonyl (C=O) groups is 1. The lowest BCUT2D eigenvalue weighted by Crippen LogP contribution is -2.15. The molecule has 0 fully saturated rings. The van der Waals surface area contributed by atoms with Crippen molar-refractivity contribution in [3.8, 4) is 17.2 Å². The molecule has 0 aliphatic carbocycles. The van der Waals surface area contributed by atoms with E-state index < -0.39 is 11.9 Å². The van der Waals surface area contributed by atoms with Crippen LogP contribution in [0.15, 0.2) is 36.4 Å². The zero-order chi connectivity index (χ0) is 18.4. The van der Waals surface area contributed by atoms with Crippen LogP contribution in [0.5, 0.6) is 17.2 Å². The van der Waals surface area contributed by atoms with E-state index in [1.807, 2.05) is 38.1 Å². The fourth-order valence-electron chi connectivity index (χ4n) is 2.79. The molecule has 2 aromatic carbocycles. The van der Waals surface area contributed by atoms with Crippen LogP contribution in [0.3, 0.4) is 0 Å². The van der Waals surface area contributed by atoms with E-state index in [0.717, 1.165) is 22.4 Å². The number of carboxylic acids is 1. The lowest BCUT2D eigenvalue weighted by atomic mass is 9.90. The highest BCUT2D eigenvalue weighted by atomic mass is 16.5. The molecule has 0 spiro atoms. The SMILES string of the molecule is CCOc1ccc(C(Cc2ccc(OC)cc2OC)C(=O)O)cc1C. The van der Waals surface area contributed by atoms with E-state index in [1.165, 1.54) is 0 Å². The summed E-state index contributed by atoms with van der Waals surface area (Å²) in [6.07, 6.45) is 0.329. The summed E-state index contributed by atoms with van der Waals surface area (Å²) in [5.74, 6) is 0.521. The molecule has 0 aromatic heterocycles. The standard InChI is InChI=1S/C20H24O5/c1-5-25-18-9-7-14(10-13(18)2)17(20(21)22)11-15-6-8-16(23-3)12-19(15)24-4/h6-10,12,17H,5,11H2,1-4H3,(H,21,22). The molecule has 0 radical (unpaired) electrons. The van der Waals surface area contributed by atoms with Crippen LogP contribution >= 0.6 is 0 Å². The van der Waals surface area contributed by atoms with Gasteiger partial charge in [0.1, 0.15) is 17.2 Å². The zero-order valence-corrected chi connectivity index (χ0v) is 15.0. The number of hydrogen-bond acceptors (Lipinski definition) is 4. The molecule has 2 aromatic rings. The molecule has 5 nitrogen and oxygen atoms in total. The zero-order valence-electron chi connectivity index (χ0n) is 15.0. The monoisotopic (exact) mass is 344 g/mol. The third-order valence-electron chi connectivity index (χ3n) is 4.12. The van der Waals surface area contributed by atoms with Crippen molar-refractivity contribution >= 4 is 5.97 Å². The molecule has 5 heteroatoms. The molecule has 1 atom stereocenters. The number of hydrogen-bond donors (Lipinski definition) is 1. The molecule has 0 amide bonds. The Balaban J connectivity index is 2.33. The van der Waals surface area contributed by atoms with Gasteiger partial charge in [0.15, 0.2) is 0 Å². The van der Waals surface area contributed by atoms with Crippen LogP contribution in [0.4, 0.5) is 0 Å². The minimum absolute atomic E-state index is 0.329. The van der Waals surface area contributed by atoms with Gasteiger partial charge in [0, 0.05) is 6.07 Å². The average Bonchev–Trinajstić information content (AvgIpc) is 2.61. The third kappa shape index (κ3) is 4.44. The average molecular weight is 344 g/mol. The summed E-state index contributed by atoms with van der Waals surface area (Å²) in [4.78, 5) is 11.9. The van der Waals surface area contributed by atoms with Crippen molar-refractivity contribution in [3.63, 3.8) is 0 Å². The Labute approximate surface area is 148 Å². The van der Waals surface area contributed by atoms with Crippen molar-refractivity contribution in [1.82, 2.24) is 0 Å². The Morgan fingerprint density at radius 2 is 1.84 bits per heavy atom. The number of ether oxygens (including phenoxy) is 3. The fraction of sp³-hybridized carbons (Fsp3) is 0.350. The second-order valence-electron chi connectivity index (χ2n) is 5.73. The van der Waals surface area contributed by atoms with Crippen molar-refractivity contribution in [2.24, 2.45) is 0 Å². The number of aryl methyl sites for hydroxylation is 1. The van der Waals surface area contributed by atoms with Gasteiger partial charge in [-0.3, -0.25) is 4.79 Å². The predicted octanol–water partition coefficient (Wildman–Crippen LogP) is 3.82. The van der Waals surface area contributed by atoms with Gasteiger partial charge in [-0.15, -0.1) is 0 Å². The van der Waals surface area contributed by atoms with Crippen LogP contribution in [-0.2, 0) is 11.2 Å². The third-order valence-corrected chi connectivity index (χ3v) is 4.12. The van der Waals surface area contributed by atoms with Crippen molar-refractivity contribution in [3.05, 3.63) is 53.1 Å². The predicted molar refractivity (Wildman–Crippen MR) is 96.0 cm³/mol. The highest BCUT2D eigenvalue weighted by Gasteiger charge is 2.23. The highest BCUT2D eigenvalue weighted by Crippen LogP contribution is 2.31. The van der Waals surface area contributed by atoms with Gasteiger partial charge in [-0.05, 0) is 49.1 Å². The van der Waals surface area contributed by atoms with Gasteiger partial charge in [0.2, 0.25) is 0 Å². The summed E-state index contributed by atoms with van der Waals surface area (Å²) in [6, 6.07) is 10.9. The Morgan fingerprint density at radius 3 is 2.40 bits per heavy atom. The molecule has 0 saturated heterocycles. The topological polar surface area (TPSA) is 65.0 Å². The first-order valence-electron chi connectivity index (χ1n) is 8.17. The Hall–Kier alpha value is -2.69. The van der Waals surface area contributed by atoms with Crippen LogP contribution in [-0.4, -0.2) is 31.9 Å². The van der Waals surface area contributed by atoms with Gasteiger partial charge in [0.25, 0.3) is 0 Å². The molecule has 0 saturated carbocycles. The Morgan fingerprint density at radius 1 is 1.08 bits per heavy atom. The van der Waals surface area contributed by atoms with Crippen molar-refractivity contribution < 1.29 is 24.1 Å². The van der Waals surface area contributed by atoms with Gasteiger partial charge in [-0.2, -0.15) is 0 Å². The van der Waals surface area contributed by atoms with Crippen LogP contribution < -0.4 is 14.2 Å². The fourth-order valence-corrected chi connectivity index (χ4v) is 2.79. The van der Waals surface area contributed by atoms with E-state index in [9.17, 15) is 9.90 Å². The first kappa shape index (κ1) is 18.6. The smallest absolute Gasteiger partial charge is 0.311 e. The molecule has 2 rings (SSSR count). The molecule has 1 N–H and O–H groups in total. The lowest BCUT2D eigenvalue weighted by molar-refractivity contribution is -0.138. The molecule has 1 unspecified atom stereocenters. The molecule has 0 aliphatic heterocycles. The van der Waals surface area contributed by atoms with Gasteiger partial charge < -0.3 is 19.3 Å². The van der Waals surface area contributed by atoms with Crippen LogP contribution in [0.1, 0.15) is 29.5 Å². The Kier molecular flexibility index (Phi) is 6.28. The van der Waals surface area contributed by atoms with E-state index in [4.69, 9.17) is 14.2 Å². The first-order valence-corrected chi connectivity index (χ1v) is 8.17. The molecular formula is C20H24O5. The highest BCUT2D eigenvalue weighted by molar-refractivity contribution is 5.77. The van der Waals surface area contributed by atoms with E-state index in [0.29, 0.717) is 24.5 Å². The van der Waals surface area contributed by atoms with Gasteiger partial charge in [-0.25, -0.2) is 0 Å². The maximum atomic E-state index is 11.9. The summed E-state index contributed by atoms with van der Waals surface area (Å²) in [5.41, 5.74) is 2.49. The van der Waals surface area contributed by atoms with Crippen molar-refractivity contribution in [1.29, 1.82) is 0 Å². The van der Waals surface area contributed by atoms with E-state index in [2.05, 4.69) is 0 Å². The van der Waals surface area contributed by atoms with Crippen LogP contribution in [0, 0.1) is 6.92 Å². The minimum Gasteiger partial charge on any atom is -0.497 e. The first-order chi connectivity index (χ1) is 12.0. The maximum Gasteiger partial charge on any atom is 0.311 e. The number of carboxylic acid groups (broad SMARTS) is 1. The van der Waals surface area contributed by atoms with Crippen LogP contribution in [0.25, 0.3) is 0 Å². The minimum atomic E-state index is -0.874. The van der Waals surface area contributed by atoms with Crippen molar-refractivity contribution in [2.45, 2.75) is 26.2 Å². The molecule has 0 aliphatic rings. The second-order valence-corrected chi connectivity index (χ2v) is 5.73.